The van der Waals surface area contributed by atoms with Crippen molar-refractivity contribution in [1.82, 2.24) is 9.97 Å². The van der Waals surface area contributed by atoms with Crippen molar-refractivity contribution in [2.45, 2.75) is 6.92 Å². The molecule has 2 heterocycles. The molecule has 6 heteroatoms. The predicted molar refractivity (Wildman–Crippen MR) is 68.2 cm³/mol. The molecule has 0 spiro atoms. The molecule has 0 aliphatic rings. The number of hydrogen-bond acceptors (Lipinski definition) is 5. The molecule has 0 radical (unpaired) electrons. The number of carbonyl (C=O) groups is 1. The Hall–Kier alpha value is -1.95. The maximum atomic E-state index is 12.1. The molecular weight excluding hydrogens is 236 g/mol. The normalized spacial score (nSPS) is 10.2. The van der Waals surface area contributed by atoms with Crippen LogP contribution >= 0.6 is 11.3 Å². The lowest BCUT2D eigenvalue weighted by Crippen LogP contribution is -2.27. The lowest BCUT2D eigenvalue weighted by atomic mass is 10.3. The van der Waals surface area contributed by atoms with Gasteiger partial charge in [-0.3, -0.25) is 9.78 Å². The molecular formula is C11H12N4OS. The molecule has 0 aromatic carbocycles. The maximum Gasteiger partial charge on any atom is 0.277 e. The fourth-order valence-corrected chi connectivity index (χ4v) is 2.03. The molecule has 0 bridgehead atoms. The van der Waals surface area contributed by atoms with Crippen LogP contribution in [0.4, 0.5) is 11.4 Å². The molecule has 0 aliphatic heterocycles. The van der Waals surface area contributed by atoms with E-state index in [9.17, 15) is 4.79 Å². The Labute approximate surface area is 103 Å². The van der Waals surface area contributed by atoms with Crippen molar-refractivity contribution in [3.8, 4) is 0 Å². The molecule has 2 N–H and O–H groups in total. The first-order chi connectivity index (χ1) is 8.09. The van der Waals surface area contributed by atoms with Crippen LogP contribution in [0, 0.1) is 6.92 Å². The predicted octanol–water partition coefficient (Wildman–Crippen LogP) is 1.71. The molecule has 17 heavy (non-hydrogen) atoms. The summed E-state index contributed by atoms with van der Waals surface area (Å²) in [7, 11) is 1.67. The number of hydrogen-bond donors (Lipinski definition) is 1. The van der Waals surface area contributed by atoms with Crippen LogP contribution in [-0.4, -0.2) is 22.9 Å². The van der Waals surface area contributed by atoms with Gasteiger partial charge in [0.25, 0.3) is 5.91 Å². The first-order valence-electron chi connectivity index (χ1n) is 4.99. The van der Waals surface area contributed by atoms with Crippen molar-refractivity contribution in [2.24, 2.45) is 0 Å². The lowest BCUT2D eigenvalue weighted by Gasteiger charge is -2.17. The van der Waals surface area contributed by atoms with E-state index < -0.39 is 0 Å². The largest absolute Gasteiger partial charge is 0.396 e. The van der Waals surface area contributed by atoms with E-state index in [1.807, 2.05) is 6.92 Å². The van der Waals surface area contributed by atoms with Gasteiger partial charge in [0.05, 0.1) is 22.6 Å². The Balaban J connectivity index is 2.29. The van der Waals surface area contributed by atoms with E-state index in [-0.39, 0.29) is 5.91 Å². The average molecular weight is 248 g/mol. The van der Waals surface area contributed by atoms with E-state index in [2.05, 4.69) is 9.97 Å². The van der Waals surface area contributed by atoms with Crippen molar-refractivity contribution >= 4 is 28.6 Å². The molecule has 0 atom stereocenters. The van der Waals surface area contributed by atoms with Crippen molar-refractivity contribution in [1.29, 1.82) is 0 Å². The first-order valence-corrected chi connectivity index (χ1v) is 5.87. The van der Waals surface area contributed by atoms with Gasteiger partial charge in [-0.05, 0) is 13.0 Å². The molecule has 88 valence electrons. The fraction of sp³-hybridized carbons (Fsp3) is 0.182. The summed E-state index contributed by atoms with van der Waals surface area (Å²) in [5, 5.41) is 2.61. The standard InChI is InChI=1S/C11H12N4OS/c1-7-14-9(6-17-7)11(16)15(2)10-3-4-13-5-8(10)12/h3-6H,12H2,1-2H3. The van der Waals surface area contributed by atoms with E-state index in [4.69, 9.17) is 5.73 Å². The zero-order valence-electron chi connectivity index (χ0n) is 9.54. The number of thiazole rings is 1. The third kappa shape index (κ3) is 2.26. The van der Waals surface area contributed by atoms with Gasteiger partial charge in [0.15, 0.2) is 0 Å². The van der Waals surface area contributed by atoms with Crippen LogP contribution in [0.25, 0.3) is 0 Å². The Bertz CT molecular complexity index is 552. The molecule has 2 aromatic heterocycles. The number of amides is 1. The van der Waals surface area contributed by atoms with Crippen LogP contribution in [0.3, 0.4) is 0 Å². The number of pyridine rings is 1. The summed E-state index contributed by atoms with van der Waals surface area (Å²) in [5.74, 6) is -0.174. The highest BCUT2D eigenvalue weighted by atomic mass is 32.1. The Morgan fingerprint density at radius 1 is 1.53 bits per heavy atom. The second-order valence-corrected chi connectivity index (χ2v) is 4.61. The van der Waals surface area contributed by atoms with Gasteiger partial charge in [-0.15, -0.1) is 11.3 Å². The number of aromatic nitrogens is 2. The minimum Gasteiger partial charge on any atom is -0.396 e. The van der Waals surface area contributed by atoms with Gasteiger partial charge in [-0.2, -0.15) is 0 Å². The smallest absolute Gasteiger partial charge is 0.277 e. The summed E-state index contributed by atoms with van der Waals surface area (Å²) >= 11 is 1.45. The van der Waals surface area contributed by atoms with Crippen LogP contribution in [0.5, 0.6) is 0 Å². The van der Waals surface area contributed by atoms with Crippen molar-refractivity contribution in [3.63, 3.8) is 0 Å². The summed E-state index contributed by atoms with van der Waals surface area (Å²) in [6.07, 6.45) is 3.12. The van der Waals surface area contributed by atoms with Crippen LogP contribution < -0.4 is 10.6 Å². The van der Waals surface area contributed by atoms with Crippen LogP contribution in [0.15, 0.2) is 23.8 Å². The quantitative estimate of drug-likeness (QED) is 0.878. The second-order valence-electron chi connectivity index (χ2n) is 3.55. The number of anilines is 2. The Morgan fingerprint density at radius 2 is 2.29 bits per heavy atom. The molecule has 5 nitrogen and oxygen atoms in total. The van der Waals surface area contributed by atoms with E-state index in [1.54, 1.807) is 24.7 Å². The molecule has 0 unspecified atom stereocenters. The van der Waals surface area contributed by atoms with Crippen molar-refractivity contribution in [2.75, 3.05) is 17.7 Å². The topological polar surface area (TPSA) is 72.1 Å². The zero-order chi connectivity index (χ0) is 12.4. The number of nitrogens with zero attached hydrogens (tertiary/aromatic N) is 3. The molecule has 0 aliphatic carbocycles. The third-order valence-corrected chi connectivity index (χ3v) is 3.11. The molecule has 1 amide bonds. The van der Waals surface area contributed by atoms with Crippen molar-refractivity contribution < 1.29 is 4.79 Å². The summed E-state index contributed by atoms with van der Waals surface area (Å²) in [4.78, 5) is 21.6. The van der Waals surface area contributed by atoms with Gasteiger partial charge >= 0.3 is 0 Å². The Kier molecular flexibility index (Phi) is 3.06. The molecule has 2 rings (SSSR count). The van der Waals surface area contributed by atoms with Crippen LogP contribution in [-0.2, 0) is 0 Å². The molecule has 0 saturated carbocycles. The van der Waals surface area contributed by atoms with Crippen LogP contribution in [0.1, 0.15) is 15.5 Å². The summed E-state index contributed by atoms with van der Waals surface area (Å²) < 4.78 is 0. The average Bonchev–Trinajstić information content (AvgIpc) is 2.75. The van der Waals surface area contributed by atoms with E-state index in [0.717, 1.165) is 5.01 Å². The zero-order valence-corrected chi connectivity index (χ0v) is 10.4. The number of nitrogen functional groups attached to an aromatic ring is 1. The van der Waals surface area contributed by atoms with Gasteiger partial charge in [0.2, 0.25) is 0 Å². The number of nitrogens with two attached hydrogens (primary N) is 1. The fourth-order valence-electron chi connectivity index (χ4n) is 1.45. The van der Waals surface area contributed by atoms with Gasteiger partial charge < -0.3 is 10.6 Å². The molecule has 2 aromatic rings. The number of carbonyl (C=O) groups excluding carboxylic acids is 1. The van der Waals surface area contributed by atoms with Gasteiger partial charge in [-0.25, -0.2) is 4.98 Å². The third-order valence-electron chi connectivity index (χ3n) is 2.33. The summed E-state index contributed by atoms with van der Waals surface area (Å²) in [5.41, 5.74) is 7.31. The first kappa shape index (κ1) is 11.5. The summed E-state index contributed by atoms with van der Waals surface area (Å²) in [6.45, 7) is 1.86. The molecule has 0 fully saturated rings. The number of rotatable bonds is 2. The second kappa shape index (κ2) is 4.50. The van der Waals surface area contributed by atoms with Crippen molar-refractivity contribution in [3.05, 3.63) is 34.5 Å². The van der Waals surface area contributed by atoms with E-state index in [0.29, 0.717) is 17.1 Å². The number of aryl methyl sites for hydroxylation is 1. The minimum absolute atomic E-state index is 0.174. The monoisotopic (exact) mass is 248 g/mol. The lowest BCUT2D eigenvalue weighted by molar-refractivity contribution is 0.0989. The molecule has 0 saturated heterocycles. The van der Waals surface area contributed by atoms with Crippen LogP contribution in [0.2, 0.25) is 0 Å². The van der Waals surface area contributed by atoms with Gasteiger partial charge in [-0.1, -0.05) is 0 Å². The minimum atomic E-state index is -0.174. The maximum absolute atomic E-state index is 12.1. The highest BCUT2D eigenvalue weighted by Crippen LogP contribution is 2.22. The van der Waals surface area contributed by atoms with Gasteiger partial charge in [0, 0.05) is 18.6 Å². The SMILES string of the molecule is Cc1nc(C(=O)N(C)c2ccncc2N)cs1. The summed E-state index contributed by atoms with van der Waals surface area (Å²) in [6, 6.07) is 1.70. The highest BCUT2D eigenvalue weighted by Gasteiger charge is 2.17. The highest BCUT2D eigenvalue weighted by molar-refractivity contribution is 7.09. The van der Waals surface area contributed by atoms with E-state index in [1.165, 1.54) is 22.4 Å². The van der Waals surface area contributed by atoms with Gasteiger partial charge in [0.1, 0.15) is 5.69 Å². The van der Waals surface area contributed by atoms with E-state index >= 15 is 0 Å². The Morgan fingerprint density at radius 3 is 2.88 bits per heavy atom.